The fraction of sp³-hybridized carbons (Fsp3) is 0.222. The molecule has 0 amide bonds. The zero-order valence-electron chi connectivity index (χ0n) is 13.5. The van der Waals surface area contributed by atoms with Gasteiger partial charge in [0.15, 0.2) is 6.61 Å². The highest BCUT2D eigenvalue weighted by atomic mass is 16.6. The lowest BCUT2D eigenvalue weighted by Gasteiger charge is -2.08. The molecule has 0 bridgehead atoms. The monoisotopic (exact) mass is 330 g/mol. The summed E-state index contributed by atoms with van der Waals surface area (Å²) in [5.74, 6) is 0.596. The van der Waals surface area contributed by atoms with Crippen molar-refractivity contribution in [3.05, 3.63) is 54.1 Å². The van der Waals surface area contributed by atoms with Crippen LogP contribution in [0.1, 0.15) is 17.3 Å². The highest BCUT2D eigenvalue weighted by molar-refractivity contribution is 5.89. The second-order valence-electron chi connectivity index (χ2n) is 4.68. The second kappa shape index (κ2) is 8.57. The highest BCUT2D eigenvalue weighted by Gasteiger charge is 2.09. The first-order chi connectivity index (χ1) is 11.6. The summed E-state index contributed by atoms with van der Waals surface area (Å²) in [6.07, 6.45) is 0. The van der Waals surface area contributed by atoms with E-state index in [0.29, 0.717) is 23.7 Å². The predicted octanol–water partition coefficient (Wildman–Crippen LogP) is 2.86. The number of esters is 2. The zero-order valence-corrected chi connectivity index (χ0v) is 13.5. The molecule has 126 valence electrons. The van der Waals surface area contributed by atoms with Gasteiger partial charge in [-0.3, -0.25) is 0 Å². The molecular formula is C18H18O6. The van der Waals surface area contributed by atoms with Crippen molar-refractivity contribution in [1.29, 1.82) is 0 Å². The third-order valence-corrected chi connectivity index (χ3v) is 3.00. The van der Waals surface area contributed by atoms with Crippen LogP contribution in [0, 0.1) is 0 Å². The van der Waals surface area contributed by atoms with E-state index < -0.39 is 11.9 Å². The Balaban J connectivity index is 1.83. The molecule has 0 unspecified atom stereocenters. The Labute approximate surface area is 139 Å². The third kappa shape index (κ3) is 5.01. The van der Waals surface area contributed by atoms with E-state index in [1.807, 2.05) is 6.92 Å². The van der Waals surface area contributed by atoms with E-state index in [0.717, 1.165) is 5.75 Å². The van der Waals surface area contributed by atoms with Crippen molar-refractivity contribution in [3.63, 3.8) is 0 Å². The van der Waals surface area contributed by atoms with Gasteiger partial charge >= 0.3 is 11.9 Å². The summed E-state index contributed by atoms with van der Waals surface area (Å²) in [5, 5.41) is 0. The van der Waals surface area contributed by atoms with Gasteiger partial charge in [0, 0.05) is 0 Å². The summed E-state index contributed by atoms with van der Waals surface area (Å²) in [5.41, 5.74) is 0.378. The van der Waals surface area contributed by atoms with Gasteiger partial charge in [0.05, 0.1) is 19.3 Å². The van der Waals surface area contributed by atoms with Crippen LogP contribution in [-0.4, -0.2) is 32.3 Å². The lowest BCUT2D eigenvalue weighted by Crippen LogP contribution is -2.17. The Hall–Kier alpha value is -3.02. The largest absolute Gasteiger partial charge is 0.494 e. The Morgan fingerprint density at radius 1 is 0.833 bits per heavy atom. The van der Waals surface area contributed by atoms with Crippen molar-refractivity contribution in [2.45, 2.75) is 6.92 Å². The van der Waals surface area contributed by atoms with Crippen LogP contribution in [0.4, 0.5) is 0 Å². The maximum atomic E-state index is 11.8. The minimum Gasteiger partial charge on any atom is -0.494 e. The number of hydrogen-bond acceptors (Lipinski definition) is 6. The molecule has 0 aliphatic rings. The molecule has 6 heteroatoms. The SMILES string of the molecule is CCOc1ccc(OCC(=O)Oc2ccc(C(=O)OC)cc2)cc1. The van der Waals surface area contributed by atoms with E-state index in [2.05, 4.69) is 4.74 Å². The average molecular weight is 330 g/mol. The first-order valence-electron chi connectivity index (χ1n) is 7.37. The first kappa shape index (κ1) is 17.3. The molecule has 0 spiro atoms. The molecule has 2 aromatic rings. The van der Waals surface area contributed by atoms with Crippen LogP contribution in [-0.2, 0) is 9.53 Å². The van der Waals surface area contributed by atoms with E-state index in [9.17, 15) is 9.59 Å². The molecule has 0 radical (unpaired) electrons. The van der Waals surface area contributed by atoms with E-state index in [4.69, 9.17) is 14.2 Å². The van der Waals surface area contributed by atoms with Crippen LogP contribution in [0.3, 0.4) is 0 Å². The van der Waals surface area contributed by atoms with Gasteiger partial charge in [0.1, 0.15) is 17.2 Å². The summed E-state index contributed by atoms with van der Waals surface area (Å²) in [6.45, 7) is 2.26. The third-order valence-electron chi connectivity index (χ3n) is 3.00. The van der Waals surface area contributed by atoms with Gasteiger partial charge in [-0.2, -0.15) is 0 Å². The van der Waals surface area contributed by atoms with Crippen LogP contribution in [0.2, 0.25) is 0 Å². The van der Waals surface area contributed by atoms with Gasteiger partial charge in [0.2, 0.25) is 0 Å². The molecule has 0 aliphatic heterocycles. The van der Waals surface area contributed by atoms with E-state index >= 15 is 0 Å². The summed E-state index contributed by atoms with van der Waals surface area (Å²) < 4.78 is 20.4. The number of methoxy groups -OCH3 is 1. The maximum absolute atomic E-state index is 11.8. The van der Waals surface area contributed by atoms with Crippen molar-refractivity contribution in [2.75, 3.05) is 20.3 Å². The van der Waals surface area contributed by atoms with Crippen molar-refractivity contribution in [3.8, 4) is 17.2 Å². The fourth-order valence-corrected chi connectivity index (χ4v) is 1.88. The Morgan fingerprint density at radius 3 is 1.92 bits per heavy atom. The van der Waals surface area contributed by atoms with Crippen LogP contribution in [0.25, 0.3) is 0 Å². The smallest absolute Gasteiger partial charge is 0.349 e. The molecule has 0 aromatic heterocycles. The number of carbonyl (C=O) groups excluding carboxylic acids is 2. The number of hydrogen-bond donors (Lipinski definition) is 0. The molecule has 0 N–H and O–H groups in total. The molecule has 0 atom stereocenters. The second-order valence-corrected chi connectivity index (χ2v) is 4.68. The van der Waals surface area contributed by atoms with E-state index in [1.54, 1.807) is 24.3 Å². The Kier molecular flexibility index (Phi) is 6.19. The van der Waals surface area contributed by atoms with Crippen LogP contribution < -0.4 is 14.2 Å². The quantitative estimate of drug-likeness (QED) is 0.574. The molecule has 0 aliphatic carbocycles. The lowest BCUT2D eigenvalue weighted by molar-refractivity contribution is -0.136. The molecule has 0 saturated carbocycles. The van der Waals surface area contributed by atoms with Crippen molar-refractivity contribution < 1.29 is 28.5 Å². The van der Waals surface area contributed by atoms with E-state index in [-0.39, 0.29) is 6.61 Å². The number of ether oxygens (including phenoxy) is 4. The van der Waals surface area contributed by atoms with E-state index in [1.165, 1.54) is 31.4 Å². The molecule has 0 heterocycles. The van der Waals surface area contributed by atoms with Crippen molar-refractivity contribution in [2.24, 2.45) is 0 Å². The lowest BCUT2D eigenvalue weighted by atomic mass is 10.2. The minimum absolute atomic E-state index is 0.229. The Bertz CT molecular complexity index is 676. The molecule has 2 rings (SSSR count). The molecule has 24 heavy (non-hydrogen) atoms. The number of rotatable bonds is 7. The molecule has 6 nitrogen and oxygen atoms in total. The molecular weight excluding hydrogens is 312 g/mol. The standard InChI is InChI=1S/C18H18O6/c1-3-22-14-8-10-15(11-9-14)23-12-17(19)24-16-6-4-13(5-7-16)18(20)21-2/h4-11H,3,12H2,1-2H3. The summed E-state index contributed by atoms with van der Waals surface area (Å²) >= 11 is 0. The summed E-state index contributed by atoms with van der Waals surface area (Å²) in [6, 6.07) is 13.0. The molecule has 0 fully saturated rings. The maximum Gasteiger partial charge on any atom is 0.349 e. The van der Waals surface area contributed by atoms with Crippen LogP contribution in [0.15, 0.2) is 48.5 Å². The Morgan fingerprint density at radius 2 is 1.38 bits per heavy atom. The van der Waals surface area contributed by atoms with Crippen molar-refractivity contribution >= 4 is 11.9 Å². The van der Waals surface area contributed by atoms with Gasteiger partial charge in [-0.05, 0) is 55.5 Å². The van der Waals surface area contributed by atoms with Gasteiger partial charge in [-0.15, -0.1) is 0 Å². The number of carbonyl (C=O) groups is 2. The normalized spacial score (nSPS) is 9.92. The first-order valence-corrected chi connectivity index (χ1v) is 7.37. The fourth-order valence-electron chi connectivity index (χ4n) is 1.88. The zero-order chi connectivity index (χ0) is 17.4. The van der Waals surface area contributed by atoms with Gasteiger partial charge in [-0.25, -0.2) is 9.59 Å². The average Bonchev–Trinajstić information content (AvgIpc) is 2.61. The predicted molar refractivity (Wildman–Crippen MR) is 86.5 cm³/mol. The topological polar surface area (TPSA) is 71.1 Å². The van der Waals surface area contributed by atoms with Gasteiger partial charge in [-0.1, -0.05) is 0 Å². The van der Waals surface area contributed by atoms with Gasteiger partial charge in [0.25, 0.3) is 0 Å². The number of benzene rings is 2. The molecule has 2 aromatic carbocycles. The summed E-state index contributed by atoms with van der Waals surface area (Å²) in [4.78, 5) is 23.1. The highest BCUT2D eigenvalue weighted by Crippen LogP contribution is 2.18. The minimum atomic E-state index is -0.547. The van der Waals surface area contributed by atoms with Crippen LogP contribution >= 0.6 is 0 Å². The molecule has 0 saturated heterocycles. The summed E-state index contributed by atoms with van der Waals surface area (Å²) in [7, 11) is 1.30. The van der Waals surface area contributed by atoms with Crippen LogP contribution in [0.5, 0.6) is 17.2 Å². The van der Waals surface area contributed by atoms with Crippen molar-refractivity contribution in [1.82, 2.24) is 0 Å². The van der Waals surface area contributed by atoms with Gasteiger partial charge < -0.3 is 18.9 Å².